The van der Waals surface area contributed by atoms with Crippen LogP contribution in [0.4, 0.5) is 0 Å². The van der Waals surface area contributed by atoms with E-state index in [2.05, 4.69) is 5.32 Å². The van der Waals surface area contributed by atoms with E-state index in [1.807, 2.05) is 23.8 Å². The first-order valence-electron chi connectivity index (χ1n) is 6.08. The smallest absolute Gasteiger partial charge is 0.305 e. The first-order chi connectivity index (χ1) is 8.52. The highest BCUT2D eigenvalue weighted by Crippen LogP contribution is 2.35. The highest BCUT2D eigenvalue weighted by molar-refractivity contribution is 7.08. The van der Waals surface area contributed by atoms with E-state index in [-0.39, 0.29) is 18.2 Å². The minimum Gasteiger partial charge on any atom is -0.481 e. The topological polar surface area (TPSA) is 66.4 Å². The maximum absolute atomic E-state index is 12.1. The van der Waals surface area contributed by atoms with Crippen LogP contribution in [0.25, 0.3) is 0 Å². The van der Waals surface area contributed by atoms with E-state index in [1.54, 1.807) is 11.3 Å². The summed E-state index contributed by atoms with van der Waals surface area (Å²) in [5, 5.41) is 15.7. The molecule has 4 nitrogen and oxygen atoms in total. The number of aliphatic carboxylic acids is 1. The largest absolute Gasteiger partial charge is 0.481 e. The van der Waals surface area contributed by atoms with Crippen molar-refractivity contribution < 1.29 is 14.7 Å². The Labute approximate surface area is 110 Å². The third kappa shape index (κ3) is 2.72. The Hall–Kier alpha value is -1.36. The number of nitrogens with one attached hydrogen (secondary N) is 1. The summed E-state index contributed by atoms with van der Waals surface area (Å²) in [7, 11) is 0. The van der Waals surface area contributed by atoms with Gasteiger partial charge < -0.3 is 10.4 Å². The molecule has 1 heterocycles. The van der Waals surface area contributed by atoms with Gasteiger partial charge in [0.15, 0.2) is 0 Å². The van der Waals surface area contributed by atoms with Crippen molar-refractivity contribution in [3.8, 4) is 0 Å². The lowest BCUT2D eigenvalue weighted by atomic mass is 9.74. The van der Waals surface area contributed by atoms with Crippen LogP contribution < -0.4 is 5.32 Å². The zero-order chi connectivity index (χ0) is 13.2. The third-order valence-corrected chi connectivity index (χ3v) is 4.33. The van der Waals surface area contributed by atoms with Gasteiger partial charge in [0.05, 0.1) is 17.9 Å². The van der Waals surface area contributed by atoms with Crippen LogP contribution in [0.5, 0.6) is 0 Å². The number of hydrogen-bond acceptors (Lipinski definition) is 3. The minimum absolute atomic E-state index is 0.0229. The molecule has 1 amide bonds. The van der Waals surface area contributed by atoms with Gasteiger partial charge in [0.2, 0.25) is 5.91 Å². The van der Waals surface area contributed by atoms with Crippen LogP contribution in [0.3, 0.4) is 0 Å². The lowest BCUT2D eigenvalue weighted by molar-refractivity contribution is -0.140. The number of carboxylic acids is 1. The summed E-state index contributed by atoms with van der Waals surface area (Å²) in [5.41, 5.74) is 0.481. The first-order valence-corrected chi connectivity index (χ1v) is 7.03. The summed E-state index contributed by atoms with van der Waals surface area (Å²) >= 11 is 1.56. The lowest BCUT2D eigenvalue weighted by Crippen LogP contribution is -2.55. The summed E-state index contributed by atoms with van der Waals surface area (Å²) < 4.78 is 0. The molecule has 18 heavy (non-hydrogen) atoms. The Morgan fingerprint density at radius 1 is 1.56 bits per heavy atom. The van der Waals surface area contributed by atoms with E-state index < -0.39 is 11.5 Å². The Morgan fingerprint density at radius 3 is 2.72 bits per heavy atom. The van der Waals surface area contributed by atoms with Crippen molar-refractivity contribution >= 4 is 23.2 Å². The van der Waals surface area contributed by atoms with Gasteiger partial charge in [0, 0.05) is 0 Å². The summed E-state index contributed by atoms with van der Waals surface area (Å²) in [5.74, 6) is -1.14. The number of amides is 1. The van der Waals surface area contributed by atoms with Gasteiger partial charge in [-0.05, 0) is 48.6 Å². The highest BCUT2D eigenvalue weighted by atomic mass is 32.1. The summed E-state index contributed by atoms with van der Waals surface area (Å²) in [6.45, 7) is 1.85. The fourth-order valence-corrected chi connectivity index (χ4v) is 3.04. The van der Waals surface area contributed by atoms with Gasteiger partial charge in [-0.2, -0.15) is 11.3 Å². The SMILES string of the molecule is CC(C(=O)NC1(CC(=O)O)CCC1)c1ccsc1. The van der Waals surface area contributed by atoms with Crippen LogP contribution in [0.2, 0.25) is 0 Å². The van der Waals surface area contributed by atoms with E-state index in [9.17, 15) is 9.59 Å². The number of carbonyl (C=O) groups excluding carboxylic acids is 1. The summed E-state index contributed by atoms with van der Waals surface area (Å²) in [6, 6.07) is 1.93. The van der Waals surface area contributed by atoms with Crippen molar-refractivity contribution in [3.63, 3.8) is 0 Å². The Kier molecular flexibility index (Phi) is 3.71. The molecule has 0 radical (unpaired) electrons. The van der Waals surface area contributed by atoms with Crippen molar-refractivity contribution in [1.29, 1.82) is 0 Å². The monoisotopic (exact) mass is 267 g/mol. The first kappa shape index (κ1) is 13.1. The summed E-state index contributed by atoms with van der Waals surface area (Å²) in [4.78, 5) is 23.0. The highest BCUT2D eigenvalue weighted by Gasteiger charge is 2.41. The number of carboxylic acid groups (broad SMARTS) is 1. The van der Waals surface area contributed by atoms with Gasteiger partial charge in [-0.15, -0.1) is 0 Å². The normalized spacial score (nSPS) is 18.7. The second-order valence-corrected chi connectivity index (χ2v) is 5.75. The van der Waals surface area contributed by atoms with E-state index in [0.29, 0.717) is 0 Å². The lowest BCUT2D eigenvalue weighted by Gasteiger charge is -2.42. The molecule has 1 aliphatic carbocycles. The fraction of sp³-hybridized carbons (Fsp3) is 0.538. The van der Waals surface area contributed by atoms with Crippen molar-refractivity contribution in [1.82, 2.24) is 5.32 Å². The standard InChI is InChI=1S/C13H17NO3S/c1-9(10-3-6-18-8-10)12(17)14-13(4-2-5-13)7-11(15)16/h3,6,8-9H,2,4-5,7H2,1H3,(H,14,17)(H,15,16). The predicted molar refractivity (Wildman–Crippen MR) is 69.7 cm³/mol. The van der Waals surface area contributed by atoms with Gasteiger partial charge in [0.1, 0.15) is 0 Å². The van der Waals surface area contributed by atoms with Crippen molar-refractivity contribution in [3.05, 3.63) is 22.4 Å². The van der Waals surface area contributed by atoms with E-state index in [0.717, 1.165) is 24.8 Å². The molecule has 0 aliphatic heterocycles. The average Bonchev–Trinajstić information content (AvgIpc) is 2.77. The number of rotatable bonds is 5. The molecule has 2 rings (SSSR count). The quantitative estimate of drug-likeness (QED) is 0.860. The zero-order valence-corrected chi connectivity index (χ0v) is 11.1. The van der Waals surface area contributed by atoms with Gasteiger partial charge in [0.25, 0.3) is 0 Å². The molecule has 1 unspecified atom stereocenters. The molecule has 2 N–H and O–H groups in total. The van der Waals surface area contributed by atoms with Crippen LogP contribution in [-0.4, -0.2) is 22.5 Å². The van der Waals surface area contributed by atoms with Crippen LogP contribution in [0.1, 0.15) is 44.1 Å². The molecule has 98 valence electrons. The molecule has 1 saturated carbocycles. The molecule has 0 saturated heterocycles. The molecule has 0 aromatic carbocycles. The van der Waals surface area contributed by atoms with Gasteiger partial charge >= 0.3 is 5.97 Å². The number of thiophene rings is 1. The molecule has 0 spiro atoms. The van der Waals surface area contributed by atoms with Crippen molar-refractivity contribution in [2.75, 3.05) is 0 Å². The maximum atomic E-state index is 12.1. The van der Waals surface area contributed by atoms with Crippen molar-refractivity contribution in [2.45, 2.75) is 44.1 Å². The van der Waals surface area contributed by atoms with Crippen LogP contribution in [0.15, 0.2) is 16.8 Å². The summed E-state index contributed by atoms with van der Waals surface area (Å²) in [6.07, 6.45) is 2.54. The molecular formula is C13H17NO3S. The molecule has 1 fully saturated rings. The van der Waals surface area contributed by atoms with E-state index in [1.165, 1.54) is 0 Å². The average molecular weight is 267 g/mol. The molecule has 5 heteroatoms. The third-order valence-electron chi connectivity index (χ3n) is 3.63. The molecule has 1 aromatic heterocycles. The molecular weight excluding hydrogens is 250 g/mol. The molecule has 1 aliphatic rings. The molecule has 0 bridgehead atoms. The van der Waals surface area contributed by atoms with Gasteiger partial charge in [-0.25, -0.2) is 0 Å². The zero-order valence-electron chi connectivity index (χ0n) is 10.3. The van der Waals surface area contributed by atoms with Gasteiger partial charge in [-0.3, -0.25) is 9.59 Å². The fourth-order valence-electron chi connectivity index (χ4n) is 2.28. The second kappa shape index (κ2) is 5.10. The van der Waals surface area contributed by atoms with E-state index >= 15 is 0 Å². The Morgan fingerprint density at radius 2 is 2.28 bits per heavy atom. The van der Waals surface area contributed by atoms with Crippen molar-refractivity contribution in [2.24, 2.45) is 0 Å². The molecule has 1 atom stereocenters. The number of carbonyl (C=O) groups is 2. The maximum Gasteiger partial charge on any atom is 0.305 e. The van der Waals surface area contributed by atoms with Crippen LogP contribution in [0, 0.1) is 0 Å². The predicted octanol–water partition coefficient (Wildman–Crippen LogP) is 2.37. The number of hydrogen-bond donors (Lipinski definition) is 2. The van der Waals surface area contributed by atoms with Gasteiger partial charge in [-0.1, -0.05) is 0 Å². The Bertz CT molecular complexity index is 437. The minimum atomic E-state index is -0.849. The molecule has 1 aromatic rings. The Balaban J connectivity index is 1.99. The van der Waals surface area contributed by atoms with E-state index in [4.69, 9.17) is 5.11 Å². The second-order valence-electron chi connectivity index (χ2n) is 4.97. The van der Waals surface area contributed by atoms with Crippen LogP contribution in [-0.2, 0) is 9.59 Å². The van der Waals surface area contributed by atoms with Crippen LogP contribution >= 0.6 is 11.3 Å².